The summed E-state index contributed by atoms with van der Waals surface area (Å²) in [5.41, 5.74) is 1.07. The highest BCUT2D eigenvalue weighted by molar-refractivity contribution is 7.89. The Morgan fingerprint density at radius 2 is 1.90 bits per heavy atom. The van der Waals surface area contributed by atoms with Crippen molar-refractivity contribution >= 4 is 17.4 Å². The Kier molecular flexibility index (Phi) is 6.26. The first-order chi connectivity index (χ1) is 10.2. The van der Waals surface area contributed by atoms with Crippen LogP contribution in [-0.4, -0.2) is 23.6 Å². The molecule has 0 saturated carbocycles. The smallest absolute Gasteiger partial charge is 0.173 e. The minimum atomic E-state index is -1.41. The third-order valence-corrected chi connectivity index (χ3v) is 4.30. The summed E-state index contributed by atoms with van der Waals surface area (Å²) in [6.45, 7) is 3.54. The van der Waals surface area contributed by atoms with Crippen LogP contribution in [0, 0.1) is 0 Å². The first-order valence-electron chi connectivity index (χ1n) is 7.36. The van der Waals surface area contributed by atoms with Gasteiger partial charge in [0.2, 0.25) is 0 Å². The lowest BCUT2D eigenvalue weighted by molar-refractivity contribution is -0.166. The van der Waals surface area contributed by atoms with Gasteiger partial charge in [0, 0.05) is 12.8 Å². The van der Waals surface area contributed by atoms with Crippen LogP contribution in [0.25, 0.3) is 6.08 Å². The third-order valence-electron chi connectivity index (χ3n) is 3.56. The highest BCUT2D eigenvalue weighted by atomic mass is 32.2. The van der Waals surface area contributed by atoms with E-state index in [9.17, 15) is 4.55 Å². The lowest BCUT2D eigenvalue weighted by atomic mass is 10.0. The number of benzene rings is 1. The van der Waals surface area contributed by atoms with E-state index in [2.05, 4.69) is 19.1 Å². The zero-order valence-electron chi connectivity index (χ0n) is 12.4. The SMILES string of the molecule is CCCC1(CCC=Cc2ccc([S+](N)[O-])cc2)OCCO1. The molecule has 1 unspecified atom stereocenters. The van der Waals surface area contributed by atoms with Crippen molar-refractivity contribution in [2.75, 3.05) is 13.2 Å². The zero-order chi connectivity index (χ0) is 15.1. The Morgan fingerprint density at radius 3 is 2.48 bits per heavy atom. The molecule has 1 aliphatic rings. The van der Waals surface area contributed by atoms with Crippen LogP contribution in [-0.2, 0) is 20.8 Å². The van der Waals surface area contributed by atoms with Crippen LogP contribution < -0.4 is 5.14 Å². The fourth-order valence-corrected chi connectivity index (χ4v) is 2.93. The molecule has 1 aliphatic heterocycles. The molecule has 5 heteroatoms. The summed E-state index contributed by atoms with van der Waals surface area (Å²) < 4.78 is 22.6. The molecule has 1 aromatic carbocycles. The van der Waals surface area contributed by atoms with Crippen molar-refractivity contribution in [3.8, 4) is 0 Å². The fourth-order valence-electron chi connectivity index (χ4n) is 2.53. The second-order valence-corrected chi connectivity index (χ2v) is 6.23. The third kappa shape index (κ3) is 4.83. The quantitative estimate of drug-likeness (QED) is 0.786. The van der Waals surface area contributed by atoms with Gasteiger partial charge < -0.3 is 14.0 Å². The average Bonchev–Trinajstić information content (AvgIpc) is 2.93. The number of hydrogen-bond acceptors (Lipinski definition) is 4. The summed E-state index contributed by atoms with van der Waals surface area (Å²) in [5, 5.41) is 5.32. The molecule has 4 nitrogen and oxygen atoms in total. The van der Waals surface area contributed by atoms with E-state index in [-0.39, 0.29) is 5.79 Å². The van der Waals surface area contributed by atoms with Crippen LogP contribution in [0.1, 0.15) is 38.2 Å². The Morgan fingerprint density at radius 1 is 1.24 bits per heavy atom. The van der Waals surface area contributed by atoms with E-state index in [1.807, 2.05) is 12.1 Å². The van der Waals surface area contributed by atoms with Gasteiger partial charge in [-0.1, -0.05) is 25.5 Å². The standard InChI is InChI=1S/C16H23NO3S/c1-2-10-16(19-12-13-20-16)11-4-3-5-14-6-8-15(9-7-14)21(17)18/h3,5-9H,2,4,10-13,17H2,1H3. The number of ether oxygens (including phenoxy) is 2. The summed E-state index contributed by atoms with van der Waals surface area (Å²) >= 11 is -1.41. The molecule has 2 N–H and O–H groups in total. The predicted octanol–water partition coefficient (Wildman–Crippen LogP) is 3.00. The predicted molar refractivity (Wildman–Crippen MR) is 84.8 cm³/mol. The summed E-state index contributed by atoms with van der Waals surface area (Å²) in [4.78, 5) is 0.641. The molecular weight excluding hydrogens is 286 g/mol. The number of nitrogens with two attached hydrogens (primary N) is 1. The minimum Gasteiger partial charge on any atom is -0.593 e. The summed E-state index contributed by atoms with van der Waals surface area (Å²) in [6, 6.07) is 7.41. The van der Waals surface area contributed by atoms with E-state index in [0.29, 0.717) is 18.1 Å². The molecule has 1 aromatic rings. The molecule has 0 amide bonds. The van der Waals surface area contributed by atoms with Gasteiger partial charge in [-0.25, -0.2) is 0 Å². The van der Waals surface area contributed by atoms with E-state index >= 15 is 0 Å². The number of hydrogen-bond donors (Lipinski definition) is 1. The van der Waals surface area contributed by atoms with Crippen LogP contribution >= 0.6 is 0 Å². The van der Waals surface area contributed by atoms with Crippen LogP contribution in [0.5, 0.6) is 0 Å². The van der Waals surface area contributed by atoms with E-state index in [0.717, 1.165) is 31.2 Å². The number of allylic oxidation sites excluding steroid dienone is 1. The minimum absolute atomic E-state index is 0.376. The van der Waals surface area contributed by atoms with Gasteiger partial charge in [0.05, 0.1) is 24.6 Å². The summed E-state index contributed by atoms with van der Waals surface area (Å²) in [7, 11) is 0. The topological polar surface area (TPSA) is 67.5 Å². The maximum atomic E-state index is 11.1. The van der Waals surface area contributed by atoms with Crippen molar-refractivity contribution in [2.45, 2.75) is 43.3 Å². The van der Waals surface area contributed by atoms with E-state index in [1.54, 1.807) is 12.1 Å². The van der Waals surface area contributed by atoms with Gasteiger partial charge >= 0.3 is 0 Å². The molecule has 0 aromatic heterocycles. The van der Waals surface area contributed by atoms with E-state index < -0.39 is 11.4 Å². The Balaban J connectivity index is 1.84. The van der Waals surface area contributed by atoms with Crippen molar-refractivity contribution in [1.82, 2.24) is 0 Å². The lowest BCUT2D eigenvalue weighted by Crippen LogP contribution is -2.29. The van der Waals surface area contributed by atoms with E-state index in [4.69, 9.17) is 14.6 Å². The summed E-state index contributed by atoms with van der Waals surface area (Å²) in [6.07, 6.45) is 7.96. The monoisotopic (exact) mass is 309 g/mol. The molecule has 0 spiro atoms. The maximum Gasteiger partial charge on any atom is 0.173 e. The van der Waals surface area contributed by atoms with Crippen molar-refractivity contribution in [1.29, 1.82) is 0 Å². The first kappa shape index (κ1) is 16.5. The van der Waals surface area contributed by atoms with Gasteiger partial charge in [0.15, 0.2) is 10.7 Å². The molecule has 21 heavy (non-hydrogen) atoms. The Bertz CT molecular complexity index is 453. The fraction of sp³-hybridized carbons (Fsp3) is 0.500. The van der Waals surface area contributed by atoms with Crippen molar-refractivity contribution in [3.63, 3.8) is 0 Å². The Labute approximate surface area is 129 Å². The van der Waals surface area contributed by atoms with Gasteiger partial charge in [-0.05, 0) is 36.2 Å². The van der Waals surface area contributed by atoms with Gasteiger partial charge in [-0.3, -0.25) is 0 Å². The molecule has 1 heterocycles. The van der Waals surface area contributed by atoms with Crippen LogP contribution in [0.3, 0.4) is 0 Å². The molecule has 2 rings (SSSR count). The molecule has 116 valence electrons. The highest BCUT2D eigenvalue weighted by Gasteiger charge is 2.34. The van der Waals surface area contributed by atoms with Crippen molar-refractivity contribution < 1.29 is 14.0 Å². The zero-order valence-corrected chi connectivity index (χ0v) is 13.2. The summed E-state index contributed by atoms with van der Waals surface area (Å²) in [5.74, 6) is -0.376. The molecule has 1 saturated heterocycles. The van der Waals surface area contributed by atoms with Crippen molar-refractivity contribution in [3.05, 3.63) is 35.9 Å². The highest BCUT2D eigenvalue weighted by Crippen LogP contribution is 2.30. The average molecular weight is 309 g/mol. The molecule has 0 aliphatic carbocycles. The van der Waals surface area contributed by atoms with Gasteiger partial charge in [0.1, 0.15) is 0 Å². The van der Waals surface area contributed by atoms with Crippen LogP contribution in [0.4, 0.5) is 0 Å². The molecule has 1 fully saturated rings. The molecule has 0 bridgehead atoms. The Hall–Kier alpha value is -0.850. The van der Waals surface area contributed by atoms with Gasteiger partial charge in [-0.15, -0.1) is 5.14 Å². The molecular formula is C16H23NO3S. The number of rotatable bonds is 7. The second kappa shape index (κ2) is 7.96. The largest absolute Gasteiger partial charge is 0.593 e. The molecule has 0 radical (unpaired) electrons. The second-order valence-electron chi connectivity index (χ2n) is 5.17. The maximum absolute atomic E-state index is 11.1. The van der Waals surface area contributed by atoms with Crippen LogP contribution in [0.15, 0.2) is 35.2 Å². The lowest BCUT2D eigenvalue weighted by Gasteiger charge is -2.26. The van der Waals surface area contributed by atoms with Gasteiger partial charge in [0.25, 0.3) is 0 Å². The van der Waals surface area contributed by atoms with Gasteiger partial charge in [-0.2, -0.15) is 0 Å². The van der Waals surface area contributed by atoms with Crippen LogP contribution in [0.2, 0.25) is 0 Å². The first-order valence-corrected chi connectivity index (χ1v) is 8.57. The molecule has 1 atom stereocenters. The van der Waals surface area contributed by atoms with Crippen molar-refractivity contribution in [2.24, 2.45) is 5.14 Å². The normalized spacial score (nSPS) is 19.2. The van der Waals surface area contributed by atoms with E-state index in [1.165, 1.54) is 0 Å².